The zero-order valence-electron chi connectivity index (χ0n) is 17.2. The van der Waals surface area contributed by atoms with Crippen molar-refractivity contribution in [3.63, 3.8) is 0 Å². The van der Waals surface area contributed by atoms with Crippen molar-refractivity contribution >= 4 is 11.8 Å². The summed E-state index contributed by atoms with van der Waals surface area (Å²) < 4.78 is 11.6. The molecule has 1 saturated heterocycles. The second-order valence-corrected chi connectivity index (χ2v) is 7.29. The average Bonchev–Trinajstić information content (AvgIpc) is 2.74. The van der Waals surface area contributed by atoms with Crippen molar-refractivity contribution in [3.8, 4) is 11.5 Å². The Morgan fingerprint density at radius 2 is 1.76 bits per heavy atom. The fourth-order valence-electron chi connectivity index (χ4n) is 3.48. The summed E-state index contributed by atoms with van der Waals surface area (Å²) >= 11 is 0. The van der Waals surface area contributed by atoms with Gasteiger partial charge in [0, 0.05) is 38.4 Å². The maximum absolute atomic E-state index is 12.7. The Labute approximate surface area is 171 Å². The number of carbonyl (C=O) groups excluding carboxylic acids is 2. The summed E-state index contributed by atoms with van der Waals surface area (Å²) in [5.41, 5.74) is 1.56. The molecule has 29 heavy (non-hydrogen) atoms. The number of amides is 2. The Kier molecular flexibility index (Phi) is 6.75. The van der Waals surface area contributed by atoms with E-state index in [4.69, 9.17) is 9.47 Å². The van der Waals surface area contributed by atoms with Crippen molar-refractivity contribution in [3.05, 3.63) is 59.7 Å². The standard InChI is InChI=1S/C23H28N2O4/c1-16(18-7-5-4-6-8-18)24-23(27)19-9-10-21(28-3)22(15-19)29-20-11-13-25(14-12-20)17(2)26/h4-10,15-16,20H,11-14H2,1-3H3,(H,24,27)/t16-/m1/s1. The number of benzene rings is 2. The van der Waals surface area contributed by atoms with Crippen LogP contribution in [0, 0.1) is 0 Å². The first-order chi connectivity index (χ1) is 14.0. The van der Waals surface area contributed by atoms with E-state index in [2.05, 4.69) is 5.32 Å². The van der Waals surface area contributed by atoms with Crippen molar-refractivity contribution in [1.82, 2.24) is 10.2 Å². The number of piperidine rings is 1. The summed E-state index contributed by atoms with van der Waals surface area (Å²) in [6.45, 7) is 4.90. The zero-order valence-corrected chi connectivity index (χ0v) is 17.2. The summed E-state index contributed by atoms with van der Waals surface area (Å²) in [4.78, 5) is 26.1. The van der Waals surface area contributed by atoms with Crippen LogP contribution < -0.4 is 14.8 Å². The molecule has 154 valence electrons. The van der Waals surface area contributed by atoms with E-state index in [1.165, 1.54) is 0 Å². The molecule has 1 fully saturated rings. The molecule has 6 heteroatoms. The molecule has 1 N–H and O–H groups in total. The minimum Gasteiger partial charge on any atom is -0.493 e. The van der Waals surface area contributed by atoms with Crippen molar-refractivity contribution in [2.24, 2.45) is 0 Å². The molecule has 2 aromatic rings. The van der Waals surface area contributed by atoms with Gasteiger partial charge in [-0.2, -0.15) is 0 Å². The molecular weight excluding hydrogens is 368 g/mol. The van der Waals surface area contributed by atoms with E-state index in [0.29, 0.717) is 30.2 Å². The van der Waals surface area contributed by atoms with Crippen LogP contribution in [0.25, 0.3) is 0 Å². The van der Waals surface area contributed by atoms with E-state index in [1.54, 1.807) is 32.2 Å². The van der Waals surface area contributed by atoms with E-state index in [0.717, 1.165) is 18.4 Å². The number of hydrogen-bond acceptors (Lipinski definition) is 4. The average molecular weight is 396 g/mol. The lowest BCUT2D eigenvalue weighted by Gasteiger charge is -2.31. The SMILES string of the molecule is COc1ccc(C(=O)N[C@H](C)c2ccccc2)cc1OC1CCN(C(C)=O)CC1. The zero-order chi connectivity index (χ0) is 20.8. The number of hydrogen-bond donors (Lipinski definition) is 1. The number of rotatable bonds is 6. The highest BCUT2D eigenvalue weighted by molar-refractivity contribution is 5.95. The van der Waals surface area contributed by atoms with Crippen LogP contribution in [-0.4, -0.2) is 43.0 Å². The molecule has 1 aliphatic rings. The molecule has 0 saturated carbocycles. The summed E-state index contributed by atoms with van der Waals surface area (Å²) in [7, 11) is 1.58. The maximum Gasteiger partial charge on any atom is 0.251 e. The van der Waals surface area contributed by atoms with E-state index >= 15 is 0 Å². The number of methoxy groups -OCH3 is 1. The van der Waals surface area contributed by atoms with Gasteiger partial charge in [0.1, 0.15) is 6.10 Å². The smallest absolute Gasteiger partial charge is 0.251 e. The van der Waals surface area contributed by atoms with Crippen molar-refractivity contribution < 1.29 is 19.1 Å². The fraction of sp³-hybridized carbons (Fsp3) is 0.391. The van der Waals surface area contributed by atoms with Gasteiger partial charge in [0.25, 0.3) is 5.91 Å². The number of nitrogens with one attached hydrogen (secondary N) is 1. The third kappa shape index (κ3) is 5.28. The molecule has 1 atom stereocenters. The molecule has 3 rings (SSSR count). The summed E-state index contributed by atoms with van der Waals surface area (Å²) in [5.74, 6) is 1.06. The highest BCUT2D eigenvalue weighted by Crippen LogP contribution is 2.31. The number of likely N-dealkylation sites (tertiary alicyclic amines) is 1. The maximum atomic E-state index is 12.7. The topological polar surface area (TPSA) is 67.9 Å². The van der Waals surface area contributed by atoms with E-state index in [-0.39, 0.29) is 24.0 Å². The van der Waals surface area contributed by atoms with Crippen LogP contribution in [0.1, 0.15) is 48.7 Å². The van der Waals surface area contributed by atoms with Gasteiger partial charge < -0.3 is 19.7 Å². The normalized spacial score (nSPS) is 15.5. The van der Waals surface area contributed by atoms with Crippen LogP contribution in [0.4, 0.5) is 0 Å². The van der Waals surface area contributed by atoms with Crippen molar-refractivity contribution in [2.45, 2.75) is 38.8 Å². The number of carbonyl (C=O) groups is 2. The third-order valence-electron chi connectivity index (χ3n) is 5.25. The van der Waals surface area contributed by atoms with Gasteiger partial charge in [0.2, 0.25) is 5.91 Å². The second-order valence-electron chi connectivity index (χ2n) is 7.29. The van der Waals surface area contributed by atoms with E-state index < -0.39 is 0 Å². The Morgan fingerprint density at radius 1 is 1.07 bits per heavy atom. The van der Waals surface area contributed by atoms with Crippen LogP contribution in [-0.2, 0) is 4.79 Å². The van der Waals surface area contributed by atoms with Crippen LogP contribution in [0.15, 0.2) is 48.5 Å². The molecule has 0 aliphatic carbocycles. The Bertz CT molecular complexity index is 845. The molecule has 0 spiro atoms. The van der Waals surface area contributed by atoms with Gasteiger partial charge >= 0.3 is 0 Å². The Balaban J connectivity index is 1.68. The minimum absolute atomic E-state index is 0.0129. The molecule has 0 aromatic heterocycles. The predicted molar refractivity (Wildman–Crippen MR) is 111 cm³/mol. The second kappa shape index (κ2) is 9.45. The summed E-state index contributed by atoms with van der Waals surface area (Å²) in [5, 5.41) is 3.02. The summed E-state index contributed by atoms with van der Waals surface area (Å²) in [6, 6.07) is 14.9. The van der Waals surface area contributed by atoms with E-state index in [1.807, 2.05) is 42.2 Å². The third-order valence-corrected chi connectivity index (χ3v) is 5.25. The van der Waals surface area contributed by atoms with Crippen molar-refractivity contribution in [1.29, 1.82) is 0 Å². The highest BCUT2D eigenvalue weighted by atomic mass is 16.5. The largest absolute Gasteiger partial charge is 0.493 e. The Hall–Kier alpha value is -3.02. The molecule has 0 radical (unpaired) electrons. The van der Waals surface area contributed by atoms with Gasteiger partial charge in [-0.15, -0.1) is 0 Å². The molecular formula is C23H28N2O4. The molecule has 2 aromatic carbocycles. The Morgan fingerprint density at radius 3 is 2.38 bits per heavy atom. The number of ether oxygens (including phenoxy) is 2. The van der Waals surface area contributed by atoms with Crippen molar-refractivity contribution in [2.75, 3.05) is 20.2 Å². The quantitative estimate of drug-likeness (QED) is 0.810. The lowest BCUT2D eigenvalue weighted by Crippen LogP contribution is -2.40. The lowest BCUT2D eigenvalue weighted by atomic mass is 10.1. The lowest BCUT2D eigenvalue weighted by molar-refractivity contribution is -0.130. The van der Waals surface area contributed by atoms with Gasteiger partial charge in [0.05, 0.1) is 13.2 Å². The van der Waals surface area contributed by atoms with Crippen LogP contribution in [0.2, 0.25) is 0 Å². The fourth-order valence-corrected chi connectivity index (χ4v) is 3.48. The van der Waals surface area contributed by atoms with E-state index in [9.17, 15) is 9.59 Å². The van der Waals surface area contributed by atoms with Gasteiger partial charge in [0.15, 0.2) is 11.5 Å². The van der Waals surface area contributed by atoms with Gasteiger partial charge in [-0.05, 0) is 30.7 Å². The van der Waals surface area contributed by atoms with Crippen LogP contribution in [0.3, 0.4) is 0 Å². The van der Waals surface area contributed by atoms with Crippen LogP contribution in [0.5, 0.6) is 11.5 Å². The molecule has 0 bridgehead atoms. The minimum atomic E-state index is -0.166. The van der Waals surface area contributed by atoms with Gasteiger partial charge in [-0.3, -0.25) is 9.59 Å². The molecule has 0 unspecified atom stereocenters. The highest BCUT2D eigenvalue weighted by Gasteiger charge is 2.23. The molecule has 1 heterocycles. The van der Waals surface area contributed by atoms with Crippen LogP contribution >= 0.6 is 0 Å². The first kappa shape index (κ1) is 20.7. The summed E-state index contributed by atoms with van der Waals surface area (Å²) in [6.07, 6.45) is 1.50. The molecule has 6 nitrogen and oxygen atoms in total. The molecule has 2 amide bonds. The first-order valence-corrected chi connectivity index (χ1v) is 9.94. The van der Waals surface area contributed by atoms with Gasteiger partial charge in [-0.25, -0.2) is 0 Å². The molecule has 1 aliphatic heterocycles. The first-order valence-electron chi connectivity index (χ1n) is 9.94. The number of nitrogens with zero attached hydrogens (tertiary/aromatic N) is 1. The monoisotopic (exact) mass is 396 g/mol. The predicted octanol–water partition coefficient (Wildman–Crippen LogP) is 3.58. The van der Waals surface area contributed by atoms with Gasteiger partial charge in [-0.1, -0.05) is 30.3 Å².